The Morgan fingerprint density at radius 2 is 1.45 bits per heavy atom. The second-order valence-corrected chi connectivity index (χ2v) is 7.41. The summed E-state index contributed by atoms with van der Waals surface area (Å²) in [5.74, 6) is 0. The zero-order valence-corrected chi connectivity index (χ0v) is 18.1. The van der Waals surface area contributed by atoms with E-state index in [9.17, 15) is 35.4 Å². The average Bonchev–Trinajstić information content (AvgIpc) is 2.82. The Labute approximate surface area is 189 Å². The van der Waals surface area contributed by atoms with Gasteiger partial charge in [0.1, 0.15) is 42.7 Å². The lowest BCUT2D eigenvalue weighted by molar-refractivity contribution is -0.367. The number of carbonyl (C=O) groups is 1. The summed E-state index contributed by atoms with van der Waals surface area (Å²) in [4.78, 5) is 11.7. The van der Waals surface area contributed by atoms with Crippen molar-refractivity contribution >= 4 is 6.09 Å². The zero-order chi connectivity index (χ0) is 24.5. The molecule has 33 heavy (non-hydrogen) atoms. The Hall–Kier alpha value is -1.21. The van der Waals surface area contributed by atoms with Crippen molar-refractivity contribution in [3.8, 4) is 0 Å². The van der Waals surface area contributed by atoms with Crippen molar-refractivity contribution in [3.05, 3.63) is 0 Å². The fourth-order valence-electron chi connectivity index (χ4n) is 3.37. The molecule has 2 fully saturated rings. The van der Waals surface area contributed by atoms with Gasteiger partial charge in [-0.05, 0) is 0 Å². The normalized spacial score (nSPS) is 39.3. The standard InChI is InChI=1S/C18H34N2O13/c1-20-18(27)33-15-13(26)11(24)9(7-22)31-17(15)32-14-12(25)10(23)8(6-21)30-16(14)29-5-4-28-3-2-19/h8-17,21-26H,2-7,19H2,1H3,(H,20,27)/t8-,9+,10+,11+,12-,13-,14-,15-,16?,17+/m0/s1. The summed E-state index contributed by atoms with van der Waals surface area (Å²) in [6.07, 6.45) is -16.1. The molecule has 0 bridgehead atoms. The molecule has 2 heterocycles. The molecule has 1 unspecified atom stereocenters. The molecule has 15 heteroatoms. The molecule has 0 saturated carbocycles. The molecule has 0 aliphatic carbocycles. The maximum Gasteiger partial charge on any atom is 0.407 e. The van der Waals surface area contributed by atoms with Crippen LogP contribution in [0.1, 0.15) is 0 Å². The Bertz CT molecular complexity index is 588. The number of amides is 1. The number of aliphatic hydroxyl groups is 6. The smallest absolute Gasteiger partial charge is 0.407 e. The van der Waals surface area contributed by atoms with E-state index in [1.807, 2.05) is 0 Å². The quantitative estimate of drug-likeness (QED) is 0.128. The SMILES string of the molecule is CNC(=O)O[C@@H]1[C@@H](O[C@@H]2C(OCCOCCN)O[C@@H](CO)[C@@H](O)[C@@H]2O)O[C@H](CO)[C@@H](O)[C@@H]1O. The minimum atomic E-state index is -1.72. The number of hydrogen-bond acceptors (Lipinski definition) is 14. The van der Waals surface area contributed by atoms with E-state index in [4.69, 9.17) is 34.2 Å². The van der Waals surface area contributed by atoms with Gasteiger partial charge >= 0.3 is 6.09 Å². The lowest BCUT2D eigenvalue weighted by atomic mass is 9.97. The second kappa shape index (κ2) is 13.6. The number of nitrogens with one attached hydrogen (secondary N) is 1. The van der Waals surface area contributed by atoms with E-state index >= 15 is 0 Å². The van der Waals surface area contributed by atoms with E-state index in [2.05, 4.69) is 5.32 Å². The van der Waals surface area contributed by atoms with Crippen molar-refractivity contribution in [2.75, 3.05) is 46.6 Å². The molecule has 0 aromatic heterocycles. The molecule has 1 amide bonds. The van der Waals surface area contributed by atoms with Crippen molar-refractivity contribution in [2.45, 2.75) is 61.4 Å². The van der Waals surface area contributed by atoms with E-state index in [0.717, 1.165) is 0 Å². The third-order valence-corrected chi connectivity index (χ3v) is 5.16. The Morgan fingerprint density at radius 1 is 0.879 bits per heavy atom. The van der Waals surface area contributed by atoms with Gasteiger partial charge in [0, 0.05) is 13.6 Å². The first-order chi connectivity index (χ1) is 15.8. The third-order valence-electron chi connectivity index (χ3n) is 5.16. The summed E-state index contributed by atoms with van der Waals surface area (Å²) in [7, 11) is 1.27. The molecular formula is C18H34N2O13. The van der Waals surface area contributed by atoms with Crippen molar-refractivity contribution < 1.29 is 63.9 Å². The highest BCUT2D eigenvalue weighted by atomic mass is 16.8. The molecule has 0 aromatic carbocycles. The summed E-state index contributed by atoms with van der Waals surface area (Å²) in [5, 5.41) is 62.5. The molecule has 15 nitrogen and oxygen atoms in total. The molecule has 9 N–H and O–H groups in total. The molecule has 194 valence electrons. The molecule has 2 saturated heterocycles. The van der Waals surface area contributed by atoms with Crippen LogP contribution in [0.5, 0.6) is 0 Å². The van der Waals surface area contributed by atoms with Gasteiger partial charge < -0.3 is 70.1 Å². The Kier molecular flexibility index (Phi) is 11.6. The third kappa shape index (κ3) is 7.14. The Morgan fingerprint density at radius 3 is 2.00 bits per heavy atom. The molecular weight excluding hydrogens is 452 g/mol. The van der Waals surface area contributed by atoms with E-state index in [0.29, 0.717) is 6.54 Å². The molecule has 0 aromatic rings. The van der Waals surface area contributed by atoms with Gasteiger partial charge in [0.2, 0.25) is 0 Å². The summed E-state index contributed by atoms with van der Waals surface area (Å²) in [6.45, 7) is -0.667. The molecule has 10 atom stereocenters. The van der Waals surface area contributed by atoms with E-state index in [-0.39, 0.29) is 19.8 Å². The summed E-state index contributed by atoms with van der Waals surface area (Å²) < 4.78 is 32.4. The number of rotatable bonds is 11. The summed E-state index contributed by atoms with van der Waals surface area (Å²) in [6, 6.07) is 0. The fraction of sp³-hybridized carbons (Fsp3) is 0.944. The average molecular weight is 486 g/mol. The maximum absolute atomic E-state index is 11.7. The number of hydrogen-bond donors (Lipinski definition) is 8. The van der Waals surface area contributed by atoms with Crippen LogP contribution in [-0.2, 0) is 28.4 Å². The van der Waals surface area contributed by atoms with Gasteiger partial charge in [0.15, 0.2) is 18.7 Å². The zero-order valence-electron chi connectivity index (χ0n) is 18.1. The maximum atomic E-state index is 11.7. The van der Waals surface area contributed by atoms with E-state index in [1.54, 1.807) is 0 Å². The van der Waals surface area contributed by atoms with Gasteiger partial charge in [-0.15, -0.1) is 0 Å². The molecule has 2 aliphatic heterocycles. The molecule has 2 rings (SSSR count). The van der Waals surface area contributed by atoms with Crippen LogP contribution in [0.25, 0.3) is 0 Å². The number of ether oxygens (including phenoxy) is 6. The first kappa shape index (κ1) is 28.0. The molecule has 0 radical (unpaired) electrons. The van der Waals surface area contributed by atoms with Crippen LogP contribution in [0.2, 0.25) is 0 Å². The van der Waals surface area contributed by atoms with Crippen LogP contribution in [0.15, 0.2) is 0 Å². The first-order valence-electron chi connectivity index (χ1n) is 10.5. The van der Waals surface area contributed by atoms with Crippen molar-refractivity contribution in [1.29, 1.82) is 0 Å². The number of aliphatic hydroxyl groups excluding tert-OH is 6. The minimum absolute atomic E-state index is 0.0320. The van der Waals surface area contributed by atoms with Crippen molar-refractivity contribution in [1.82, 2.24) is 5.32 Å². The summed E-state index contributed by atoms with van der Waals surface area (Å²) >= 11 is 0. The fourth-order valence-corrected chi connectivity index (χ4v) is 3.37. The van der Waals surface area contributed by atoms with Gasteiger partial charge in [-0.25, -0.2) is 4.79 Å². The number of nitrogens with two attached hydrogens (primary N) is 1. The molecule has 2 aliphatic rings. The van der Waals surface area contributed by atoms with Crippen LogP contribution in [0.3, 0.4) is 0 Å². The topological polar surface area (TPSA) is 232 Å². The minimum Gasteiger partial charge on any atom is -0.438 e. The highest BCUT2D eigenvalue weighted by Gasteiger charge is 2.52. The molecule has 0 spiro atoms. The van der Waals surface area contributed by atoms with Crippen LogP contribution in [0.4, 0.5) is 4.79 Å². The van der Waals surface area contributed by atoms with Gasteiger partial charge in [-0.3, -0.25) is 0 Å². The van der Waals surface area contributed by atoms with E-state index < -0.39 is 80.7 Å². The van der Waals surface area contributed by atoms with Crippen molar-refractivity contribution in [2.24, 2.45) is 5.73 Å². The van der Waals surface area contributed by atoms with Gasteiger partial charge in [0.25, 0.3) is 0 Å². The predicted molar refractivity (Wildman–Crippen MR) is 106 cm³/mol. The highest BCUT2D eigenvalue weighted by Crippen LogP contribution is 2.30. The van der Waals surface area contributed by atoms with E-state index in [1.165, 1.54) is 7.05 Å². The van der Waals surface area contributed by atoms with Crippen molar-refractivity contribution in [3.63, 3.8) is 0 Å². The van der Waals surface area contributed by atoms with Crippen LogP contribution in [0, 0.1) is 0 Å². The Balaban J connectivity index is 2.20. The van der Waals surface area contributed by atoms with Crippen LogP contribution in [-0.4, -0.2) is 145 Å². The lowest BCUT2D eigenvalue weighted by Gasteiger charge is -2.46. The number of alkyl carbamates (subject to hydrolysis) is 1. The lowest BCUT2D eigenvalue weighted by Crippen LogP contribution is -2.65. The first-order valence-corrected chi connectivity index (χ1v) is 10.5. The second-order valence-electron chi connectivity index (χ2n) is 7.41. The monoisotopic (exact) mass is 486 g/mol. The van der Waals surface area contributed by atoms with Gasteiger partial charge in [-0.1, -0.05) is 0 Å². The van der Waals surface area contributed by atoms with Gasteiger partial charge in [0.05, 0.1) is 33.0 Å². The highest BCUT2D eigenvalue weighted by molar-refractivity contribution is 5.67. The predicted octanol–water partition coefficient (Wildman–Crippen LogP) is -5.03. The van der Waals surface area contributed by atoms with Crippen LogP contribution >= 0.6 is 0 Å². The summed E-state index contributed by atoms with van der Waals surface area (Å²) in [5.41, 5.74) is 5.34. The largest absolute Gasteiger partial charge is 0.438 e. The number of carbonyl (C=O) groups excluding carboxylic acids is 1. The van der Waals surface area contributed by atoms with Gasteiger partial charge in [-0.2, -0.15) is 0 Å². The van der Waals surface area contributed by atoms with Crippen LogP contribution < -0.4 is 11.1 Å².